The maximum absolute atomic E-state index is 12.3. The normalized spacial score (nSPS) is 37.2. The largest absolute Gasteiger partial charge is 0.370 e. The lowest BCUT2D eigenvalue weighted by Gasteiger charge is -2.38. The Morgan fingerprint density at radius 1 is 1.17 bits per heavy atom. The van der Waals surface area contributed by atoms with Gasteiger partial charge < -0.3 is 5.73 Å². The maximum atomic E-state index is 12.3. The standard InChI is InChI=1S/C13H16N2O3/c14-9(16)5-6-15-12(17)10-7-1-2-8(4-3-7)11(10)13(15)18/h1-2,7-8,10-11H,3-6H2,(H2,14,16)/t7-,8-,10+,11+/m0/s1. The van der Waals surface area contributed by atoms with Gasteiger partial charge in [-0.05, 0) is 24.7 Å². The molecule has 0 aromatic carbocycles. The van der Waals surface area contributed by atoms with Crippen LogP contribution in [0.15, 0.2) is 12.2 Å². The summed E-state index contributed by atoms with van der Waals surface area (Å²) in [4.78, 5) is 36.6. The highest BCUT2D eigenvalue weighted by molar-refractivity contribution is 6.06. The first-order chi connectivity index (χ1) is 8.59. The Labute approximate surface area is 105 Å². The molecule has 0 unspecified atom stereocenters. The number of nitrogens with two attached hydrogens (primary N) is 1. The van der Waals surface area contributed by atoms with Crippen molar-refractivity contribution in [1.82, 2.24) is 4.90 Å². The Morgan fingerprint density at radius 3 is 2.06 bits per heavy atom. The van der Waals surface area contributed by atoms with Gasteiger partial charge in [-0.1, -0.05) is 12.2 Å². The van der Waals surface area contributed by atoms with E-state index < -0.39 is 5.91 Å². The number of primary amides is 1. The molecule has 3 aliphatic carbocycles. The molecule has 18 heavy (non-hydrogen) atoms. The Balaban J connectivity index is 1.83. The van der Waals surface area contributed by atoms with Crippen LogP contribution in [0.2, 0.25) is 0 Å². The van der Waals surface area contributed by atoms with Gasteiger partial charge in [-0.3, -0.25) is 19.3 Å². The van der Waals surface area contributed by atoms with Crippen LogP contribution < -0.4 is 5.73 Å². The van der Waals surface area contributed by atoms with Crippen LogP contribution in [-0.4, -0.2) is 29.2 Å². The Bertz CT molecular complexity index is 425. The minimum atomic E-state index is -0.480. The van der Waals surface area contributed by atoms with Crippen LogP contribution in [0.5, 0.6) is 0 Å². The van der Waals surface area contributed by atoms with Crippen molar-refractivity contribution in [2.24, 2.45) is 29.4 Å². The van der Waals surface area contributed by atoms with Gasteiger partial charge in [-0.2, -0.15) is 0 Å². The number of allylic oxidation sites excluding steroid dienone is 2. The summed E-state index contributed by atoms with van der Waals surface area (Å²) in [5.41, 5.74) is 5.07. The van der Waals surface area contributed by atoms with Gasteiger partial charge in [0.2, 0.25) is 17.7 Å². The molecule has 0 aromatic rings. The SMILES string of the molecule is NC(=O)CCN1C(=O)[C@H]2[C@H](C1=O)[C@H]1C=C[C@H]2CC1. The van der Waals surface area contributed by atoms with E-state index in [1.54, 1.807) is 0 Å². The van der Waals surface area contributed by atoms with Crippen molar-refractivity contribution in [3.63, 3.8) is 0 Å². The van der Waals surface area contributed by atoms with Gasteiger partial charge in [0.1, 0.15) is 0 Å². The Hall–Kier alpha value is -1.65. The zero-order valence-electron chi connectivity index (χ0n) is 10.0. The van der Waals surface area contributed by atoms with Crippen LogP contribution in [0.25, 0.3) is 0 Å². The van der Waals surface area contributed by atoms with E-state index in [1.165, 1.54) is 4.90 Å². The third-order valence-electron chi connectivity index (χ3n) is 4.43. The van der Waals surface area contributed by atoms with Crippen LogP contribution >= 0.6 is 0 Å². The summed E-state index contributed by atoms with van der Waals surface area (Å²) < 4.78 is 0. The monoisotopic (exact) mass is 248 g/mol. The molecule has 4 atom stereocenters. The van der Waals surface area contributed by atoms with Crippen LogP contribution in [0.4, 0.5) is 0 Å². The van der Waals surface area contributed by atoms with E-state index in [4.69, 9.17) is 5.73 Å². The minimum Gasteiger partial charge on any atom is -0.370 e. The lowest BCUT2D eigenvalue weighted by Crippen LogP contribution is -2.38. The number of carbonyl (C=O) groups is 3. The number of amides is 3. The average Bonchev–Trinajstić information content (AvgIpc) is 2.63. The van der Waals surface area contributed by atoms with E-state index in [0.29, 0.717) is 0 Å². The number of hydrogen-bond donors (Lipinski definition) is 1. The molecule has 2 N–H and O–H groups in total. The third-order valence-corrected chi connectivity index (χ3v) is 4.43. The van der Waals surface area contributed by atoms with Crippen LogP contribution in [0.1, 0.15) is 19.3 Å². The highest BCUT2D eigenvalue weighted by Crippen LogP contribution is 2.49. The number of rotatable bonds is 3. The van der Waals surface area contributed by atoms with Gasteiger partial charge in [-0.15, -0.1) is 0 Å². The van der Waals surface area contributed by atoms with E-state index in [9.17, 15) is 14.4 Å². The second-order valence-electron chi connectivity index (χ2n) is 5.39. The van der Waals surface area contributed by atoms with E-state index >= 15 is 0 Å². The lowest BCUT2D eigenvalue weighted by molar-refractivity contribution is -0.140. The molecule has 0 radical (unpaired) electrons. The number of fused-ring (bicyclic) bond motifs is 1. The van der Waals surface area contributed by atoms with Gasteiger partial charge >= 0.3 is 0 Å². The van der Waals surface area contributed by atoms with Gasteiger partial charge in [0, 0.05) is 13.0 Å². The molecule has 2 fully saturated rings. The summed E-state index contributed by atoms with van der Waals surface area (Å²) in [5, 5.41) is 0. The fourth-order valence-electron chi connectivity index (χ4n) is 3.58. The first kappa shape index (κ1) is 11.4. The number of carbonyl (C=O) groups excluding carboxylic acids is 3. The number of likely N-dealkylation sites (tertiary alicyclic amines) is 1. The topological polar surface area (TPSA) is 80.5 Å². The zero-order chi connectivity index (χ0) is 12.9. The zero-order valence-corrected chi connectivity index (χ0v) is 10.0. The summed E-state index contributed by atoms with van der Waals surface area (Å²) in [6, 6.07) is 0. The van der Waals surface area contributed by atoms with Crippen molar-refractivity contribution in [2.75, 3.05) is 6.54 Å². The Morgan fingerprint density at radius 2 is 1.67 bits per heavy atom. The summed E-state index contributed by atoms with van der Waals surface area (Å²) in [6.07, 6.45) is 6.20. The molecule has 2 bridgehead atoms. The molecule has 0 spiro atoms. The molecule has 3 amide bonds. The summed E-state index contributed by atoms with van der Waals surface area (Å²) in [7, 11) is 0. The molecular weight excluding hydrogens is 232 g/mol. The van der Waals surface area contributed by atoms with Gasteiger partial charge in [0.05, 0.1) is 11.8 Å². The van der Waals surface area contributed by atoms with E-state index in [-0.39, 0.29) is 48.5 Å². The lowest BCUT2D eigenvalue weighted by atomic mass is 9.63. The molecule has 1 heterocycles. The third kappa shape index (κ3) is 1.50. The van der Waals surface area contributed by atoms with E-state index in [2.05, 4.69) is 12.2 Å². The van der Waals surface area contributed by atoms with Crippen molar-refractivity contribution in [3.05, 3.63) is 12.2 Å². The molecule has 4 aliphatic rings. The van der Waals surface area contributed by atoms with E-state index in [1.807, 2.05) is 0 Å². The van der Waals surface area contributed by atoms with Crippen molar-refractivity contribution in [1.29, 1.82) is 0 Å². The fourth-order valence-corrected chi connectivity index (χ4v) is 3.58. The predicted octanol–water partition coefficient (Wildman–Crippen LogP) is 0.0590. The maximum Gasteiger partial charge on any atom is 0.233 e. The molecule has 96 valence electrons. The van der Waals surface area contributed by atoms with Crippen molar-refractivity contribution in [3.8, 4) is 0 Å². The average molecular weight is 248 g/mol. The van der Waals surface area contributed by atoms with Crippen molar-refractivity contribution < 1.29 is 14.4 Å². The second kappa shape index (κ2) is 3.93. The summed E-state index contributed by atoms with van der Waals surface area (Å²) in [5.74, 6) is -0.657. The summed E-state index contributed by atoms with van der Waals surface area (Å²) in [6.45, 7) is 0.138. The second-order valence-corrected chi connectivity index (χ2v) is 5.39. The molecular formula is C13H16N2O3. The smallest absolute Gasteiger partial charge is 0.233 e. The van der Waals surface area contributed by atoms with Gasteiger partial charge in [0.25, 0.3) is 0 Å². The quantitative estimate of drug-likeness (QED) is 0.566. The Kier molecular flexibility index (Phi) is 2.50. The molecule has 0 aromatic heterocycles. The molecule has 1 aliphatic heterocycles. The van der Waals surface area contributed by atoms with Crippen molar-refractivity contribution >= 4 is 17.7 Å². The number of nitrogens with zero attached hydrogens (tertiary/aromatic N) is 1. The van der Waals surface area contributed by atoms with E-state index in [0.717, 1.165) is 12.8 Å². The molecule has 5 nitrogen and oxygen atoms in total. The molecule has 1 saturated carbocycles. The fraction of sp³-hybridized carbons (Fsp3) is 0.615. The molecule has 4 rings (SSSR count). The van der Waals surface area contributed by atoms with Gasteiger partial charge in [-0.25, -0.2) is 0 Å². The predicted molar refractivity (Wildman–Crippen MR) is 62.9 cm³/mol. The van der Waals surface area contributed by atoms with Crippen LogP contribution in [-0.2, 0) is 14.4 Å². The molecule has 1 saturated heterocycles. The minimum absolute atomic E-state index is 0.0552. The highest BCUT2D eigenvalue weighted by Gasteiger charge is 2.56. The first-order valence-electron chi connectivity index (χ1n) is 6.41. The number of imide groups is 1. The first-order valence-corrected chi connectivity index (χ1v) is 6.41. The highest BCUT2D eigenvalue weighted by atomic mass is 16.2. The molecule has 5 heteroatoms. The summed E-state index contributed by atoms with van der Waals surface area (Å²) >= 11 is 0. The van der Waals surface area contributed by atoms with Crippen LogP contribution in [0, 0.1) is 23.7 Å². The van der Waals surface area contributed by atoms with Crippen molar-refractivity contribution in [2.45, 2.75) is 19.3 Å². The van der Waals surface area contributed by atoms with Crippen LogP contribution in [0.3, 0.4) is 0 Å². The number of hydrogen-bond acceptors (Lipinski definition) is 3. The van der Waals surface area contributed by atoms with Gasteiger partial charge in [0.15, 0.2) is 0 Å².